The fourth-order valence-electron chi connectivity index (χ4n) is 2.99. The first-order chi connectivity index (χ1) is 15.8. The second-order valence-electron chi connectivity index (χ2n) is 7.28. The molecule has 2 rings (SSSR count). The third-order valence-electron chi connectivity index (χ3n) is 4.60. The highest BCUT2D eigenvalue weighted by molar-refractivity contribution is 5.90. The van der Waals surface area contributed by atoms with Crippen LogP contribution in [0.4, 0.5) is 17.1 Å². The van der Waals surface area contributed by atoms with Gasteiger partial charge < -0.3 is 16.4 Å². The number of benzene rings is 2. The molecular formula is C27H34N4O2. The topological polar surface area (TPSA) is 96.6 Å². The van der Waals surface area contributed by atoms with Crippen LogP contribution in [0.25, 0.3) is 0 Å². The van der Waals surface area contributed by atoms with Crippen LogP contribution in [-0.2, 0) is 9.59 Å². The van der Waals surface area contributed by atoms with Gasteiger partial charge in [0.1, 0.15) is 0 Å². The van der Waals surface area contributed by atoms with E-state index in [2.05, 4.69) is 28.9 Å². The number of hydrogen-bond acceptors (Lipinski definition) is 4. The summed E-state index contributed by atoms with van der Waals surface area (Å²) in [5.74, 6) is -0.122. The van der Waals surface area contributed by atoms with Crippen molar-refractivity contribution >= 4 is 35.6 Å². The molecule has 1 atom stereocenters. The number of rotatable bonds is 9. The van der Waals surface area contributed by atoms with E-state index >= 15 is 0 Å². The number of allylic oxidation sites excluding steroid dienone is 4. The second-order valence-corrected chi connectivity index (χ2v) is 7.28. The maximum atomic E-state index is 12.2. The molecule has 0 spiro atoms. The highest BCUT2D eigenvalue weighted by Crippen LogP contribution is 2.25. The van der Waals surface area contributed by atoms with Gasteiger partial charge in [0, 0.05) is 19.2 Å². The standard InChI is InChI=1S/C18H23NO.C9H11N3O/c1-4-10-15(3)11-9-14-19-18(20)17(5-2)16-12-7-6-8-13-16;1-6(13)12-7-3-4-8(10)9(5-7)11-2/h4,6-13,17H,1,5,14H2,2-3H3,(H,19,20);3-5H,2,10H2,1H3,(H,12,13)/b11-9-,15-10-;. The zero-order chi connectivity index (χ0) is 24.6. The summed E-state index contributed by atoms with van der Waals surface area (Å²) in [7, 11) is 0. The van der Waals surface area contributed by atoms with Crippen molar-refractivity contribution in [2.75, 3.05) is 17.6 Å². The molecule has 0 aliphatic heterocycles. The maximum absolute atomic E-state index is 12.2. The van der Waals surface area contributed by atoms with Crippen LogP contribution in [0.2, 0.25) is 0 Å². The molecule has 0 saturated heterocycles. The van der Waals surface area contributed by atoms with Crippen LogP contribution in [0.15, 0.2) is 90.0 Å². The van der Waals surface area contributed by atoms with Crippen LogP contribution in [0.3, 0.4) is 0 Å². The lowest BCUT2D eigenvalue weighted by molar-refractivity contribution is -0.122. The summed E-state index contributed by atoms with van der Waals surface area (Å²) in [6.07, 6.45) is 8.41. The Morgan fingerprint density at radius 2 is 1.85 bits per heavy atom. The average molecular weight is 447 g/mol. The normalized spacial score (nSPS) is 11.7. The fourth-order valence-corrected chi connectivity index (χ4v) is 2.99. The van der Waals surface area contributed by atoms with E-state index in [9.17, 15) is 9.59 Å². The van der Waals surface area contributed by atoms with Crippen molar-refractivity contribution in [1.29, 1.82) is 0 Å². The molecule has 0 radical (unpaired) electrons. The fraction of sp³-hybridized carbons (Fsp3) is 0.222. The zero-order valence-corrected chi connectivity index (χ0v) is 19.7. The molecule has 2 aromatic carbocycles. The Hall–Kier alpha value is -3.93. The smallest absolute Gasteiger partial charge is 0.227 e. The summed E-state index contributed by atoms with van der Waals surface area (Å²) in [5, 5.41) is 5.58. The van der Waals surface area contributed by atoms with Gasteiger partial charge in [0.2, 0.25) is 11.8 Å². The Kier molecular flexibility index (Phi) is 12.3. The predicted octanol–water partition coefficient (Wildman–Crippen LogP) is 5.54. The number of nitrogen functional groups attached to an aromatic ring is 1. The monoisotopic (exact) mass is 446 g/mol. The lowest BCUT2D eigenvalue weighted by atomic mass is 9.96. The third kappa shape index (κ3) is 10.3. The van der Waals surface area contributed by atoms with Crippen molar-refractivity contribution in [2.45, 2.75) is 33.1 Å². The molecule has 0 heterocycles. The molecule has 6 heteroatoms. The van der Waals surface area contributed by atoms with Gasteiger partial charge in [-0.25, -0.2) is 0 Å². The highest BCUT2D eigenvalue weighted by atomic mass is 16.2. The van der Waals surface area contributed by atoms with Crippen molar-refractivity contribution in [2.24, 2.45) is 4.99 Å². The van der Waals surface area contributed by atoms with E-state index in [4.69, 9.17) is 5.73 Å². The van der Waals surface area contributed by atoms with Gasteiger partial charge in [-0.3, -0.25) is 14.6 Å². The Morgan fingerprint density at radius 1 is 1.15 bits per heavy atom. The van der Waals surface area contributed by atoms with Crippen LogP contribution >= 0.6 is 0 Å². The molecule has 0 aliphatic carbocycles. The minimum absolute atomic E-state index is 0.0746. The molecule has 2 aromatic rings. The number of carbonyl (C=O) groups is 2. The number of amides is 2. The van der Waals surface area contributed by atoms with E-state index in [1.807, 2.05) is 62.4 Å². The number of nitrogens with zero attached hydrogens (tertiary/aromatic N) is 1. The summed E-state index contributed by atoms with van der Waals surface area (Å²) < 4.78 is 0. The number of carbonyl (C=O) groups excluding carboxylic acids is 2. The van der Waals surface area contributed by atoms with Crippen molar-refractivity contribution in [1.82, 2.24) is 5.32 Å². The Bertz CT molecular complexity index is 994. The molecule has 0 aliphatic rings. The number of anilines is 2. The summed E-state index contributed by atoms with van der Waals surface area (Å²) in [6, 6.07) is 15.0. The average Bonchev–Trinajstić information content (AvgIpc) is 2.79. The number of nitrogens with one attached hydrogen (secondary N) is 2. The highest BCUT2D eigenvalue weighted by Gasteiger charge is 2.17. The molecule has 0 bridgehead atoms. The van der Waals surface area contributed by atoms with Crippen LogP contribution < -0.4 is 16.4 Å². The number of nitrogens with two attached hydrogens (primary N) is 1. The zero-order valence-electron chi connectivity index (χ0n) is 19.7. The molecule has 0 fully saturated rings. The molecule has 1 unspecified atom stereocenters. The summed E-state index contributed by atoms with van der Waals surface area (Å²) in [5.41, 5.74) is 9.56. The molecule has 6 nitrogen and oxygen atoms in total. The SMILES string of the molecule is C=C/C=C(C)\C=C/CNC(=O)C(CC)c1ccccc1.C=Nc1cc(NC(C)=O)ccc1N. The summed E-state index contributed by atoms with van der Waals surface area (Å²) >= 11 is 0. The van der Waals surface area contributed by atoms with Gasteiger partial charge in [-0.2, -0.15) is 0 Å². The molecular weight excluding hydrogens is 412 g/mol. The quantitative estimate of drug-likeness (QED) is 0.268. The lowest BCUT2D eigenvalue weighted by Gasteiger charge is -2.14. The van der Waals surface area contributed by atoms with Crippen LogP contribution in [-0.4, -0.2) is 25.1 Å². The number of aliphatic imine (C=N–C) groups is 1. The first-order valence-electron chi connectivity index (χ1n) is 10.7. The van der Waals surface area contributed by atoms with E-state index in [0.29, 0.717) is 23.6 Å². The van der Waals surface area contributed by atoms with Crippen LogP contribution in [0.1, 0.15) is 38.7 Å². The van der Waals surface area contributed by atoms with Crippen LogP contribution in [0, 0.1) is 0 Å². The van der Waals surface area contributed by atoms with E-state index in [-0.39, 0.29) is 17.7 Å². The molecule has 0 saturated carbocycles. The van der Waals surface area contributed by atoms with Crippen molar-refractivity contribution in [3.8, 4) is 0 Å². The van der Waals surface area contributed by atoms with E-state index in [1.54, 1.807) is 24.3 Å². The Morgan fingerprint density at radius 3 is 2.42 bits per heavy atom. The van der Waals surface area contributed by atoms with Crippen molar-refractivity contribution in [3.63, 3.8) is 0 Å². The minimum Gasteiger partial charge on any atom is -0.397 e. The molecule has 33 heavy (non-hydrogen) atoms. The largest absolute Gasteiger partial charge is 0.397 e. The predicted molar refractivity (Wildman–Crippen MR) is 140 cm³/mol. The number of hydrogen-bond donors (Lipinski definition) is 3. The summed E-state index contributed by atoms with van der Waals surface area (Å²) in [6.45, 7) is 13.0. The first-order valence-corrected chi connectivity index (χ1v) is 10.7. The molecule has 4 N–H and O–H groups in total. The minimum atomic E-state index is -0.125. The van der Waals surface area contributed by atoms with E-state index in [0.717, 1.165) is 17.6 Å². The van der Waals surface area contributed by atoms with Crippen molar-refractivity contribution < 1.29 is 9.59 Å². The Labute approximate surface area is 197 Å². The maximum Gasteiger partial charge on any atom is 0.227 e. The van der Waals surface area contributed by atoms with Gasteiger partial charge in [0.05, 0.1) is 17.3 Å². The van der Waals surface area contributed by atoms with Gasteiger partial charge in [-0.15, -0.1) is 0 Å². The van der Waals surface area contributed by atoms with Crippen molar-refractivity contribution in [3.05, 3.63) is 90.6 Å². The first kappa shape index (κ1) is 27.1. The molecule has 2 amide bonds. The van der Waals surface area contributed by atoms with Gasteiger partial charge >= 0.3 is 0 Å². The van der Waals surface area contributed by atoms with Crippen LogP contribution in [0.5, 0.6) is 0 Å². The second kappa shape index (κ2) is 15.0. The summed E-state index contributed by atoms with van der Waals surface area (Å²) in [4.78, 5) is 26.6. The van der Waals surface area contributed by atoms with E-state index in [1.165, 1.54) is 6.92 Å². The van der Waals surface area contributed by atoms with E-state index < -0.39 is 0 Å². The molecule has 0 aromatic heterocycles. The Balaban J connectivity index is 0.000000361. The van der Waals surface area contributed by atoms with Gasteiger partial charge in [-0.1, -0.05) is 73.7 Å². The van der Waals surface area contributed by atoms with Gasteiger partial charge in [0.25, 0.3) is 0 Å². The van der Waals surface area contributed by atoms with Gasteiger partial charge in [-0.05, 0) is 43.8 Å². The molecule has 174 valence electrons. The lowest BCUT2D eigenvalue weighted by Crippen LogP contribution is -2.29. The van der Waals surface area contributed by atoms with Gasteiger partial charge in [0.15, 0.2) is 0 Å². The third-order valence-corrected chi connectivity index (χ3v) is 4.60.